The van der Waals surface area contributed by atoms with Crippen molar-refractivity contribution in [2.45, 2.75) is 32.7 Å². The Morgan fingerprint density at radius 1 is 1.47 bits per heavy atom. The summed E-state index contributed by atoms with van der Waals surface area (Å²) in [4.78, 5) is 16.1. The van der Waals surface area contributed by atoms with Crippen molar-refractivity contribution in [1.82, 2.24) is 4.90 Å². The minimum Gasteiger partial charge on any atom is -0.384 e. The third kappa shape index (κ3) is 4.09. The molecular weight excluding hydrogens is 258 g/mol. The maximum absolute atomic E-state index is 12.0. The molecule has 102 valence electrons. The van der Waals surface area contributed by atoms with Crippen LogP contribution in [0, 0.1) is 17.8 Å². The molecule has 2 heterocycles. The van der Waals surface area contributed by atoms with Gasteiger partial charge in [0.15, 0.2) is 0 Å². The van der Waals surface area contributed by atoms with Gasteiger partial charge in [-0.05, 0) is 30.9 Å². The quantitative estimate of drug-likeness (QED) is 0.842. The van der Waals surface area contributed by atoms with Crippen LogP contribution in [0.4, 0.5) is 0 Å². The number of rotatable bonds is 2. The van der Waals surface area contributed by atoms with Gasteiger partial charge < -0.3 is 10.0 Å². The Morgan fingerprint density at radius 3 is 3.11 bits per heavy atom. The van der Waals surface area contributed by atoms with Crippen LogP contribution in [-0.2, 0) is 11.3 Å². The monoisotopic (exact) mass is 277 g/mol. The van der Waals surface area contributed by atoms with E-state index in [4.69, 9.17) is 5.11 Å². The van der Waals surface area contributed by atoms with Crippen LogP contribution in [-0.4, -0.2) is 29.1 Å². The lowest BCUT2D eigenvalue weighted by Crippen LogP contribution is -2.29. The molecule has 19 heavy (non-hydrogen) atoms. The summed E-state index contributed by atoms with van der Waals surface area (Å²) in [5.41, 5.74) is 0. The second-order valence-corrected chi connectivity index (χ2v) is 6.14. The first kappa shape index (κ1) is 14.1. The molecule has 3 nitrogen and oxygen atoms in total. The predicted molar refractivity (Wildman–Crippen MR) is 76.7 cm³/mol. The van der Waals surface area contributed by atoms with Crippen molar-refractivity contribution in [3.63, 3.8) is 0 Å². The van der Waals surface area contributed by atoms with Gasteiger partial charge in [-0.1, -0.05) is 18.8 Å². The summed E-state index contributed by atoms with van der Waals surface area (Å²) >= 11 is 1.60. The van der Waals surface area contributed by atoms with Gasteiger partial charge in [-0.3, -0.25) is 4.79 Å². The van der Waals surface area contributed by atoms with Crippen LogP contribution < -0.4 is 0 Å². The van der Waals surface area contributed by atoms with Crippen LogP contribution in [0.25, 0.3) is 0 Å². The van der Waals surface area contributed by atoms with E-state index in [1.165, 1.54) is 0 Å². The Hall–Kier alpha value is -1.31. The molecule has 0 bridgehead atoms. The van der Waals surface area contributed by atoms with Gasteiger partial charge in [-0.15, -0.1) is 11.3 Å². The molecule has 1 atom stereocenters. The number of likely N-dealkylation sites (tertiary alicyclic amines) is 1. The Balaban J connectivity index is 1.99. The van der Waals surface area contributed by atoms with Crippen molar-refractivity contribution in [1.29, 1.82) is 0 Å². The van der Waals surface area contributed by atoms with Crippen molar-refractivity contribution >= 4 is 17.2 Å². The third-order valence-corrected chi connectivity index (χ3v) is 4.38. The van der Waals surface area contributed by atoms with Crippen molar-refractivity contribution in [3.8, 4) is 11.8 Å². The Kier molecular flexibility index (Phi) is 5.00. The van der Waals surface area contributed by atoms with Crippen LogP contribution in [0.5, 0.6) is 0 Å². The summed E-state index contributed by atoms with van der Waals surface area (Å²) in [6.45, 7) is 3.65. The molecule has 0 spiro atoms. The molecule has 1 aliphatic rings. The van der Waals surface area contributed by atoms with E-state index >= 15 is 0 Å². The molecule has 1 aromatic rings. The molecule has 0 saturated carbocycles. The number of hydrogen-bond acceptors (Lipinski definition) is 3. The number of aliphatic hydroxyl groups excluding tert-OH is 1. The highest BCUT2D eigenvalue weighted by Gasteiger charge is 2.20. The number of amides is 1. The van der Waals surface area contributed by atoms with Crippen LogP contribution in [0.15, 0.2) is 12.1 Å². The summed E-state index contributed by atoms with van der Waals surface area (Å²) < 4.78 is 0. The zero-order valence-electron chi connectivity index (χ0n) is 11.2. The fourth-order valence-electron chi connectivity index (χ4n) is 2.19. The summed E-state index contributed by atoms with van der Waals surface area (Å²) in [5.74, 6) is 6.45. The number of hydrogen-bond donors (Lipinski definition) is 1. The summed E-state index contributed by atoms with van der Waals surface area (Å²) in [5, 5.41) is 8.66. The van der Waals surface area contributed by atoms with E-state index in [0.29, 0.717) is 18.9 Å². The summed E-state index contributed by atoms with van der Waals surface area (Å²) in [6, 6.07) is 3.97. The van der Waals surface area contributed by atoms with Gasteiger partial charge >= 0.3 is 0 Å². The summed E-state index contributed by atoms with van der Waals surface area (Å²) in [6.07, 6.45) is 2.77. The first-order valence-electron chi connectivity index (χ1n) is 6.65. The normalized spacial score (nSPS) is 19.8. The maximum atomic E-state index is 12.0. The molecule has 4 heteroatoms. The molecule has 1 aliphatic heterocycles. The van der Waals surface area contributed by atoms with Crippen LogP contribution in [0.2, 0.25) is 0 Å². The van der Waals surface area contributed by atoms with Gasteiger partial charge in [-0.2, -0.15) is 0 Å². The Morgan fingerprint density at radius 2 is 2.32 bits per heavy atom. The van der Waals surface area contributed by atoms with E-state index in [1.807, 2.05) is 17.0 Å². The van der Waals surface area contributed by atoms with E-state index in [2.05, 4.69) is 18.8 Å². The number of aliphatic hydroxyl groups is 1. The lowest BCUT2D eigenvalue weighted by Gasteiger charge is -2.19. The van der Waals surface area contributed by atoms with Crippen LogP contribution >= 0.6 is 11.3 Å². The van der Waals surface area contributed by atoms with Crippen molar-refractivity contribution in [3.05, 3.63) is 21.9 Å². The highest BCUT2D eigenvalue weighted by Crippen LogP contribution is 2.22. The lowest BCUT2D eigenvalue weighted by molar-refractivity contribution is -0.131. The summed E-state index contributed by atoms with van der Waals surface area (Å²) in [7, 11) is 0. The van der Waals surface area contributed by atoms with E-state index < -0.39 is 0 Å². The molecule has 1 aromatic heterocycles. The Labute approximate surface area is 118 Å². The number of nitrogens with zero attached hydrogens (tertiary/aromatic N) is 1. The number of carbonyl (C=O) groups is 1. The average Bonchev–Trinajstić information content (AvgIpc) is 2.79. The second-order valence-electron chi connectivity index (χ2n) is 4.97. The first-order valence-corrected chi connectivity index (χ1v) is 7.47. The van der Waals surface area contributed by atoms with Gasteiger partial charge in [0, 0.05) is 17.8 Å². The highest BCUT2D eigenvalue weighted by atomic mass is 32.1. The molecule has 0 radical (unpaired) electrons. The van der Waals surface area contributed by atoms with Gasteiger partial charge in [0.25, 0.3) is 0 Å². The van der Waals surface area contributed by atoms with Gasteiger partial charge in [0.05, 0.1) is 11.4 Å². The third-order valence-electron chi connectivity index (χ3n) is 3.39. The number of thiophene rings is 1. The smallest absolute Gasteiger partial charge is 0.222 e. The standard InChI is InChI=1S/C15H19NO2S/c1-12-4-7-15(18)16(9-8-12)11-14-6-5-13(19-14)3-2-10-17/h5-6,12,17H,4,7-11H2,1H3. The van der Waals surface area contributed by atoms with Gasteiger partial charge in [0.1, 0.15) is 6.61 Å². The first-order chi connectivity index (χ1) is 9.19. The lowest BCUT2D eigenvalue weighted by atomic mass is 10.0. The van der Waals surface area contributed by atoms with Crippen LogP contribution in [0.1, 0.15) is 35.9 Å². The largest absolute Gasteiger partial charge is 0.384 e. The Bertz CT molecular complexity index is 498. The fraction of sp³-hybridized carbons (Fsp3) is 0.533. The number of carbonyl (C=O) groups excluding carboxylic acids is 1. The van der Waals surface area contributed by atoms with E-state index in [9.17, 15) is 4.79 Å². The minimum absolute atomic E-state index is 0.115. The molecular formula is C15H19NO2S. The SMILES string of the molecule is CC1CCC(=O)N(Cc2ccc(C#CCO)s2)CC1. The molecule has 1 fully saturated rings. The molecule has 0 aromatic carbocycles. The molecule has 1 unspecified atom stereocenters. The minimum atomic E-state index is -0.115. The zero-order valence-corrected chi connectivity index (χ0v) is 12.0. The topological polar surface area (TPSA) is 40.5 Å². The molecule has 1 amide bonds. The van der Waals surface area contributed by atoms with E-state index in [1.54, 1.807) is 11.3 Å². The molecule has 1 saturated heterocycles. The predicted octanol–water partition coefficient (Wildman–Crippen LogP) is 2.24. The fourth-order valence-corrected chi connectivity index (χ4v) is 3.08. The maximum Gasteiger partial charge on any atom is 0.222 e. The van der Waals surface area contributed by atoms with Crippen molar-refractivity contribution in [2.24, 2.45) is 5.92 Å². The van der Waals surface area contributed by atoms with Gasteiger partial charge in [0.2, 0.25) is 5.91 Å². The molecule has 0 aliphatic carbocycles. The second kappa shape index (κ2) is 6.74. The van der Waals surface area contributed by atoms with Crippen molar-refractivity contribution < 1.29 is 9.90 Å². The zero-order chi connectivity index (χ0) is 13.7. The van der Waals surface area contributed by atoms with Crippen molar-refractivity contribution in [2.75, 3.05) is 13.2 Å². The average molecular weight is 277 g/mol. The van der Waals surface area contributed by atoms with Crippen LogP contribution in [0.3, 0.4) is 0 Å². The molecule has 2 rings (SSSR count). The molecule has 1 N–H and O–H groups in total. The highest BCUT2D eigenvalue weighted by molar-refractivity contribution is 7.12. The van der Waals surface area contributed by atoms with E-state index in [0.717, 1.165) is 29.1 Å². The van der Waals surface area contributed by atoms with E-state index in [-0.39, 0.29) is 12.5 Å². The van der Waals surface area contributed by atoms with Gasteiger partial charge in [-0.25, -0.2) is 0 Å².